The summed E-state index contributed by atoms with van der Waals surface area (Å²) in [4.78, 5) is 28.8. The topological polar surface area (TPSA) is 133 Å². The number of aliphatic hydroxyl groups excluding tert-OH is 1. The SMILES string of the molecule is C#CC1=C(/C=C\C)[C@@H](NC(=O)c2ccc3c(c2)[C@H](N2C(=N)NC(CC)(CC)CC2=O)[C@@](C)(OC)CO3)[C@H](O)C(C)(C)O1. The van der Waals surface area contributed by atoms with Gasteiger partial charge in [0.2, 0.25) is 5.91 Å². The third-order valence-electron chi connectivity index (χ3n) is 8.87. The van der Waals surface area contributed by atoms with Crippen LogP contribution in [0.4, 0.5) is 0 Å². The average molecular weight is 579 g/mol. The average Bonchev–Trinajstić information content (AvgIpc) is 2.97. The van der Waals surface area contributed by atoms with Gasteiger partial charge in [0.1, 0.15) is 35.7 Å². The number of hydrogen-bond donors (Lipinski definition) is 4. The number of allylic oxidation sites excluding steroid dienone is 2. The molecule has 4 rings (SSSR count). The van der Waals surface area contributed by atoms with Crippen molar-refractivity contribution in [1.29, 1.82) is 5.41 Å². The number of aliphatic hydroxyl groups is 1. The molecule has 4 atom stereocenters. The molecule has 3 aliphatic rings. The second-order valence-electron chi connectivity index (χ2n) is 11.9. The summed E-state index contributed by atoms with van der Waals surface area (Å²) >= 11 is 0. The lowest BCUT2D eigenvalue weighted by Crippen LogP contribution is -2.66. The maximum atomic E-state index is 13.7. The Bertz CT molecular complexity index is 1350. The number of methoxy groups -OCH3 is 1. The molecule has 3 aliphatic heterocycles. The number of benzene rings is 1. The van der Waals surface area contributed by atoms with Crippen LogP contribution in [0.5, 0.6) is 5.75 Å². The van der Waals surface area contributed by atoms with E-state index in [2.05, 4.69) is 16.6 Å². The van der Waals surface area contributed by atoms with Crippen molar-refractivity contribution in [3.05, 3.63) is 52.8 Å². The molecular formula is C32H42N4O6. The largest absolute Gasteiger partial charge is 0.490 e. The molecule has 1 saturated heterocycles. The number of terminal acetylenes is 1. The molecule has 3 heterocycles. The summed E-state index contributed by atoms with van der Waals surface area (Å²) in [7, 11) is 1.54. The Labute approximate surface area is 248 Å². The fraction of sp³-hybridized carbons (Fsp3) is 0.531. The van der Waals surface area contributed by atoms with E-state index in [1.807, 2.05) is 27.7 Å². The zero-order chi connectivity index (χ0) is 31.0. The Morgan fingerprint density at radius 1 is 1.33 bits per heavy atom. The number of hydrogen-bond acceptors (Lipinski definition) is 7. The van der Waals surface area contributed by atoms with Gasteiger partial charge in [-0.3, -0.25) is 19.9 Å². The van der Waals surface area contributed by atoms with Gasteiger partial charge in [0.05, 0.1) is 12.5 Å². The summed E-state index contributed by atoms with van der Waals surface area (Å²) < 4.78 is 17.8. The zero-order valence-corrected chi connectivity index (χ0v) is 25.5. The van der Waals surface area contributed by atoms with Crippen molar-refractivity contribution in [2.45, 2.75) is 95.7 Å². The van der Waals surface area contributed by atoms with Crippen LogP contribution in [0.2, 0.25) is 0 Å². The molecule has 2 amide bonds. The van der Waals surface area contributed by atoms with Crippen LogP contribution in [-0.4, -0.2) is 70.4 Å². The van der Waals surface area contributed by atoms with E-state index in [0.29, 0.717) is 29.7 Å². The standard InChI is InChI=1S/C32H42N4O6/c1-9-13-20-22(10-2)42-30(5,6)27(38)25(20)34-28(39)19-14-15-23-21(16-19)26(31(7,40-8)18-41-23)36-24(37)17-32(11-3,12-4)35-29(36)33/h2,9,13-16,25-27,38H,11-12,17-18H2,1,3-8H3,(H2,33,35)(H,34,39)/b13-9-/t25-,26+,27+,31+/m1/s1. The Balaban J connectivity index is 1.74. The molecule has 1 aromatic carbocycles. The smallest absolute Gasteiger partial charge is 0.251 e. The predicted octanol–water partition coefficient (Wildman–Crippen LogP) is 3.57. The van der Waals surface area contributed by atoms with E-state index in [9.17, 15) is 14.7 Å². The van der Waals surface area contributed by atoms with Crippen molar-refractivity contribution < 1.29 is 28.9 Å². The number of fused-ring (bicyclic) bond motifs is 1. The first kappa shape index (κ1) is 31.1. The van der Waals surface area contributed by atoms with Gasteiger partial charge in [-0.2, -0.15) is 0 Å². The monoisotopic (exact) mass is 578 g/mol. The van der Waals surface area contributed by atoms with Crippen LogP contribution in [0, 0.1) is 17.8 Å². The highest BCUT2D eigenvalue weighted by Gasteiger charge is 2.52. The van der Waals surface area contributed by atoms with Gasteiger partial charge in [0, 0.05) is 29.3 Å². The minimum Gasteiger partial charge on any atom is -0.490 e. The first-order valence-corrected chi connectivity index (χ1v) is 14.3. The second kappa shape index (κ2) is 11.5. The number of carbonyl (C=O) groups excluding carboxylic acids is 2. The Morgan fingerprint density at radius 3 is 2.60 bits per heavy atom. The van der Waals surface area contributed by atoms with Gasteiger partial charge in [0.15, 0.2) is 11.7 Å². The molecule has 1 fully saturated rings. The predicted molar refractivity (Wildman–Crippen MR) is 159 cm³/mol. The Morgan fingerprint density at radius 2 is 2.02 bits per heavy atom. The maximum Gasteiger partial charge on any atom is 0.251 e. The number of amides is 2. The Hall–Kier alpha value is -3.81. The normalized spacial score (nSPS) is 28.4. The van der Waals surface area contributed by atoms with Crippen LogP contribution >= 0.6 is 0 Å². The van der Waals surface area contributed by atoms with E-state index >= 15 is 0 Å². The number of ether oxygens (including phenoxy) is 3. The fourth-order valence-electron chi connectivity index (χ4n) is 6.00. The molecule has 226 valence electrons. The molecule has 0 aromatic heterocycles. The molecule has 1 aromatic rings. The molecule has 10 heteroatoms. The van der Waals surface area contributed by atoms with Gasteiger partial charge in [-0.1, -0.05) is 26.0 Å². The first-order valence-electron chi connectivity index (χ1n) is 14.3. The quantitative estimate of drug-likeness (QED) is 0.364. The number of rotatable bonds is 7. The minimum atomic E-state index is -1.09. The highest BCUT2D eigenvalue weighted by Crippen LogP contribution is 2.45. The van der Waals surface area contributed by atoms with Gasteiger partial charge in [0.25, 0.3) is 5.91 Å². The molecule has 0 unspecified atom stereocenters. The van der Waals surface area contributed by atoms with Crippen LogP contribution in [-0.2, 0) is 14.3 Å². The molecule has 0 spiro atoms. The van der Waals surface area contributed by atoms with Crippen molar-refractivity contribution in [3.63, 3.8) is 0 Å². The number of nitrogens with one attached hydrogen (secondary N) is 3. The molecule has 0 saturated carbocycles. The van der Waals surface area contributed by atoms with E-state index in [4.69, 9.17) is 26.0 Å². The summed E-state index contributed by atoms with van der Waals surface area (Å²) in [5, 5.41) is 26.3. The number of carbonyl (C=O) groups is 2. The molecule has 0 bridgehead atoms. The van der Waals surface area contributed by atoms with Crippen molar-refractivity contribution >= 4 is 17.8 Å². The van der Waals surface area contributed by atoms with E-state index in [0.717, 1.165) is 0 Å². The lowest BCUT2D eigenvalue weighted by atomic mass is 9.82. The summed E-state index contributed by atoms with van der Waals surface area (Å²) in [6.07, 6.45) is 9.71. The molecule has 0 aliphatic carbocycles. The second-order valence-corrected chi connectivity index (χ2v) is 11.9. The highest BCUT2D eigenvalue weighted by molar-refractivity contribution is 6.00. The lowest BCUT2D eigenvalue weighted by Gasteiger charge is -2.50. The van der Waals surface area contributed by atoms with Crippen LogP contribution in [0.25, 0.3) is 0 Å². The van der Waals surface area contributed by atoms with Crippen LogP contribution in [0.3, 0.4) is 0 Å². The third kappa shape index (κ3) is 5.27. The molecule has 4 N–H and O–H groups in total. The summed E-state index contributed by atoms with van der Waals surface area (Å²) in [6, 6.07) is 3.39. The van der Waals surface area contributed by atoms with Crippen molar-refractivity contribution in [2.24, 2.45) is 0 Å². The Kier molecular flexibility index (Phi) is 8.50. The van der Waals surface area contributed by atoms with Crippen molar-refractivity contribution in [1.82, 2.24) is 15.5 Å². The maximum absolute atomic E-state index is 13.7. The molecular weight excluding hydrogens is 536 g/mol. The highest BCUT2D eigenvalue weighted by atomic mass is 16.5. The van der Waals surface area contributed by atoms with Crippen LogP contribution in [0.15, 0.2) is 41.7 Å². The van der Waals surface area contributed by atoms with Crippen molar-refractivity contribution in [3.8, 4) is 18.1 Å². The summed E-state index contributed by atoms with van der Waals surface area (Å²) in [6.45, 7) is 11.2. The van der Waals surface area contributed by atoms with Crippen LogP contribution < -0.4 is 15.4 Å². The van der Waals surface area contributed by atoms with Gasteiger partial charge in [-0.05, 0) is 64.7 Å². The van der Waals surface area contributed by atoms with E-state index in [1.165, 1.54) is 12.0 Å². The van der Waals surface area contributed by atoms with E-state index < -0.39 is 40.8 Å². The summed E-state index contributed by atoms with van der Waals surface area (Å²) in [5.41, 5.74) is -1.23. The molecule has 42 heavy (non-hydrogen) atoms. The van der Waals surface area contributed by atoms with Gasteiger partial charge < -0.3 is 30.0 Å². The molecule has 10 nitrogen and oxygen atoms in total. The van der Waals surface area contributed by atoms with Gasteiger partial charge >= 0.3 is 0 Å². The minimum absolute atomic E-state index is 0.0126. The first-order chi connectivity index (χ1) is 19.8. The van der Waals surface area contributed by atoms with E-state index in [-0.39, 0.29) is 36.2 Å². The lowest BCUT2D eigenvalue weighted by molar-refractivity contribution is -0.144. The number of nitrogens with zero attached hydrogens (tertiary/aromatic N) is 1. The fourth-order valence-corrected chi connectivity index (χ4v) is 6.00. The zero-order valence-electron chi connectivity index (χ0n) is 25.5. The van der Waals surface area contributed by atoms with Crippen LogP contribution in [0.1, 0.15) is 82.8 Å². The van der Waals surface area contributed by atoms with Gasteiger partial charge in [-0.25, -0.2) is 0 Å². The summed E-state index contributed by atoms with van der Waals surface area (Å²) in [5.74, 6) is 2.59. The van der Waals surface area contributed by atoms with E-state index in [1.54, 1.807) is 44.2 Å². The van der Waals surface area contributed by atoms with Crippen molar-refractivity contribution in [2.75, 3.05) is 13.7 Å². The van der Waals surface area contributed by atoms with Gasteiger partial charge in [-0.15, -0.1) is 6.42 Å². The molecule has 0 radical (unpaired) electrons. The third-order valence-corrected chi connectivity index (χ3v) is 8.87. The number of guanidine groups is 1.